The van der Waals surface area contributed by atoms with Crippen LogP contribution >= 0.6 is 11.3 Å². The van der Waals surface area contributed by atoms with Crippen LogP contribution in [0.4, 0.5) is 5.00 Å². The molecule has 0 spiro atoms. The Morgan fingerprint density at radius 2 is 1.97 bits per heavy atom. The van der Waals surface area contributed by atoms with Crippen LogP contribution in [0.3, 0.4) is 0 Å². The van der Waals surface area contributed by atoms with Crippen molar-refractivity contribution >= 4 is 33.0 Å². The topological polar surface area (TPSA) is 64.9 Å². The van der Waals surface area contributed by atoms with Gasteiger partial charge in [-0.15, -0.1) is 11.3 Å². The molecular weight excluding hydrogens is 378 g/mol. The Morgan fingerprint density at radius 1 is 1.17 bits per heavy atom. The number of nitrogens with one attached hydrogen (secondary N) is 2. The summed E-state index contributed by atoms with van der Waals surface area (Å²) in [6.45, 7) is 2.71. The van der Waals surface area contributed by atoms with E-state index in [1.807, 2.05) is 6.07 Å². The van der Waals surface area contributed by atoms with Crippen molar-refractivity contribution in [3.05, 3.63) is 64.0 Å². The summed E-state index contributed by atoms with van der Waals surface area (Å²) in [5, 5.41) is 19.2. The highest BCUT2D eigenvalue weighted by Crippen LogP contribution is 2.37. The summed E-state index contributed by atoms with van der Waals surface area (Å²) in [6, 6.07) is 17.1. The van der Waals surface area contributed by atoms with E-state index in [4.69, 9.17) is 0 Å². The van der Waals surface area contributed by atoms with Crippen molar-refractivity contribution in [2.45, 2.75) is 45.1 Å². The van der Waals surface area contributed by atoms with Crippen LogP contribution in [0.1, 0.15) is 53.8 Å². The number of hydrogen-bond acceptors (Lipinski definition) is 4. The van der Waals surface area contributed by atoms with E-state index in [1.54, 1.807) is 11.3 Å². The predicted molar refractivity (Wildman–Crippen MR) is 119 cm³/mol. The second-order valence-electron chi connectivity index (χ2n) is 7.57. The fourth-order valence-corrected chi connectivity index (χ4v) is 5.36. The summed E-state index contributed by atoms with van der Waals surface area (Å²) in [5.41, 5.74) is 3.07. The molecule has 0 unspecified atom stereocenters. The molecule has 1 atom stereocenters. The number of nitriles is 1. The van der Waals surface area contributed by atoms with Gasteiger partial charge in [0.1, 0.15) is 11.1 Å². The quantitative estimate of drug-likeness (QED) is 0.584. The molecule has 148 valence electrons. The van der Waals surface area contributed by atoms with Gasteiger partial charge in [-0.2, -0.15) is 5.26 Å². The zero-order valence-corrected chi connectivity index (χ0v) is 17.4. The zero-order chi connectivity index (χ0) is 20.2. The molecule has 1 aliphatic rings. The Morgan fingerprint density at radius 3 is 2.83 bits per heavy atom. The van der Waals surface area contributed by atoms with Crippen LogP contribution < -0.4 is 10.6 Å². The van der Waals surface area contributed by atoms with E-state index in [-0.39, 0.29) is 11.9 Å². The Hall–Kier alpha value is -2.68. The van der Waals surface area contributed by atoms with Crippen molar-refractivity contribution in [3.63, 3.8) is 0 Å². The molecule has 1 heterocycles. The second kappa shape index (κ2) is 8.77. The first-order chi connectivity index (χ1) is 14.2. The van der Waals surface area contributed by atoms with E-state index in [0.29, 0.717) is 18.5 Å². The smallest absolute Gasteiger partial charge is 0.226 e. The number of fused-ring (bicyclic) bond motifs is 2. The molecule has 0 radical (unpaired) electrons. The molecule has 1 aromatic heterocycles. The van der Waals surface area contributed by atoms with Crippen molar-refractivity contribution in [2.24, 2.45) is 0 Å². The van der Waals surface area contributed by atoms with Gasteiger partial charge in [-0.3, -0.25) is 4.79 Å². The van der Waals surface area contributed by atoms with E-state index in [9.17, 15) is 10.1 Å². The van der Waals surface area contributed by atoms with Gasteiger partial charge in [0.05, 0.1) is 5.56 Å². The number of carbonyl (C=O) groups is 1. The lowest BCUT2D eigenvalue weighted by molar-refractivity contribution is -0.116. The Bertz CT molecular complexity index is 1070. The second-order valence-corrected chi connectivity index (χ2v) is 8.67. The monoisotopic (exact) mass is 403 g/mol. The van der Waals surface area contributed by atoms with Gasteiger partial charge in [0.25, 0.3) is 0 Å². The highest BCUT2D eigenvalue weighted by molar-refractivity contribution is 7.16. The van der Waals surface area contributed by atoms with Crippen LogP contribution in [0, 0.1) is 11.3 Å². The van der Waals surface area contributed by atoms with Crippen molar-refractivity contribution in [3.8, 4) is 6.07 Å². The van der Waals surface area contributed by atoms with E-state index in [1.165, 1.54) is 27.6 Å². The molecule has 0 fully saturated rings. The predicted octanol–water partition coefficient (Wildman–Crippen LogP) is 5.33. The van der Waals surface area contributed by atoms with Crippen molar-refractivity contribution in [1.82, 2.24) is 5.32 Å². The van der Waals surface area contributed by atoms with Crippen molar-refractivity contribution in [1.29, 1.82) is 5.26 Å². The maximum atomic E-state index is 12.5. The number of nitrogens with zero attached hydrogens (tertiary/aromatic N) is 1. The number of carbonyl (C=O) groups excluding carboxylic acids is 1. The highest BCUT2D eigenvalue weighted by atomic mass is 32.1. The summed E-state index contributed by atoms with van der Waals surface area (Å²) in [5.74, 6) is -0.0438. The average Bonchev–Trinajstić information content (AvgIpc) is 3.10. The van der Waals surface area contributed by atoms with Crippen molar-refractivity contribution in [2.75, 3.05) is 11.9 Å². The number of thiophene rings is 1. The average molecular weight is 404 g/mol. The van der Waals surface area contributed by atoms with E-state index < -0.39 is 0 Å². The summed E-state index contributed by atoms with van der Waals surface area (Å²) in [7, 11) is 0. The number of hydrogen-bond donors (Lipinski definition) is 2. The standard InChI is InChI=1S/C24H25N3OS/c1-16(18-11-6-8-17-7-2-3-9-19(17)18)26-14-13-23(28)27-24-21(15-25)20-10-4-5-12-22(20)29-24/h2-3,6-9,11,16,26H,4-5,10,12-14H2,1H3,(H,27,28)/t16-/m1/s1. The number of rotatable bonds is 6. The third-order valence-corrected chi connectivity index (χ3v) is 6.84. The van der Waals surface area contributed by atoms with Gasteiger partial charge >= 0.3 is 0 Å². The van der Waals surface area contributed by atoms with E-state index in [2.05, 4.69) is 60.0 Å². The Kier molecular flexibility index (Phi) is 5.94. The van der Waals surface area contributed by atoms with Gasteiger partial charge in [-0.05, 0) is 54.5 Å². The molecule has 0 aliphatic heterocycles. The van der Waals surface area contributed by atoms with Crippen molar-refractivity contribution < 1.29 is 4.79 Å². The first-order valence-electron chi connectivity index (χ1n) is 10.2. The van der Waals surface area contributed by atoms with Crippen LogP contribution in [0.2, 0.25) is 0 Å². The number of benzene rings is 2. The van der Waals surface area contributed by atoms with Gasteiger partial charge < -0.3 is 10.6 Å². The molecule has 1 amide bonds. The minimum absolute atomic E-state index is 0.0438. The number of anilines is 1. The maximum absolute atomic E-state index is 12.5. The van der Waals surface area contributed by atoms with Gasteiger partial charge in [0.2, 0.25) is 5.91 Å². The summed E-state index contributed by atoms with van der Waals surface area (Å²) in [4.78, 5) is 13.7. The van der Waals surface area contributed by atoms with Gasteiger partial charge in [-0.1, -0.05) is 42.5 Å². The third kappa shape index (κ3) is 4.19. The largest absolute Gasteiger partial charge is 0.317 e. The zero-order valence-electron chi connectivity index (χ0n) is 16.6. The molecule has 2 aromatic carbocycles. The minimum atomic E-state index is -0.0438. The molecule has 0 bridgehead atoms. The van der Waals surface area contributed by atoms with Crippen LogP contribution in [0.15, 0.2) is 42.5 Å². The molecular formula is C24H25N3OS. The highest BCUT2D eigenvalue weighted by Gasteiger charge is 2.21. The Balaban J connectivity index is 1.36. The lowest BCUT2D eigenvalue weighted by Gasteiger charge is -2.16. The summed E-state index contributed by atoms with van der Waals surface area (Å²) >= 11 is 1.58. The number of amides is 1. The van der Waals surface area contributed by atoms with Gasteiger partial charge in [-0.25, -0.2) is 0 Å². The minimum Gasteiger partial charge on any atom is -0.317 e. The lowest BCUT2D eigenvalue weighted by atomic mass is 9.96. The first kappa shape index (κ1) is 19.6. The van der Waals surface area contributed by atoms with E-state index >= 15 is 0 Å². The molecule has 1 aliphatic carbocycles. The molecule has 29 heavy (non-hydrogen) atoms. The Labute approximate surface area is 175 Å². The van der Waals surface area contributed by atoms with Crippen LogP contribution in [-0.2, 0) is 17.6 Å². The fraction of sp³-hybridized carbons (Fsp3) is 0.333. The molecule has 0 saturated carbocycles. The molecule has 4 rings (SSSR count). The summed E-state index contributed by atoms with van der Waals surface area (Å²) in [6.07, 6.45) is 4.65. The fourth-order valence-electron chi connectivity index (χ4n) is 4.10. The molecule has 4 nitrogen and oxygen atoms in total. The maximum Gasteiger partial charge on any atom is 0.226 e. The number of aryl methyl sites for hydroxylation is 1. The first-order valence-corrected chi connectivity index (χ1v) is 11.0. The molecule has 5 heteroatoms. The van der Waals surface area contributed by atoms with E-state index in [0.717, 1.165) is 29.8 Å². The summed E-state index contributed by atoms with van der Waals surface area (Å²) < 4.78 is 0. The molecule has 0 saturated heterocycles. The van der Waals surface area contributed by atoms with Gasteiger partial charge in [0.15, 0.2) is 0 Å². The SMILES string of the molecule is C[C@@H](NCCC(=O)Nc1sc2c(c1C#N)CCCC2)c1cccc2ccccc12. The lowest BCUT2D eigenvalue weighted by Crippen LogP contribution is -2.24. The molecule has 2 N–H and O–H groups in total. The normalized spacial score (nSPS) is 14.2. The van der Waals surface area contributed by atoms with Crippen LogP contribution in [0.25, 0.3) is 10.8 Å². The van der Waals surface area contributed by atoms with Crippen LogP contribution in [-0.4, -0.2) is 12.5 Å². The molecule has 3 aromatic rings. The van der Waals surface area contributed by atoms with Gasteiger partial charge in [0, 0.05) is 23.9 Å². The van der Waals surface area contributed by atoms with Crippen LogP contribution in [0.5, 0.6) is 0 Å². The third-order valence-electron chi connectivity index (χ3n) is 5.63.